The SMILES string of the molecule is CCNC(Cc1ccc(Cl)cc1)c1ccc(F)cc1Cl. The lowest BCUT2D eigenvalue weighted by atomic mass is 9.98. The first-order chi connectivity index (χ1) is 9.60. The van der Waals surface area contributed by atoms with Gasteiger partial charge in [0.05, 0.1) is 0 Å². The van der Waals surface area contributed by atoms with Gasteiger partial charge >= 0.3 is 0 Å². The topological polar surface area (TPSA) is 12.0 Å². The Morgan fingerprint density at radius 3 is 2.40 bits per heavy atom. The molecule has 1 atom stereocenters. The minimum absolute atomic E-state index is 0.0503. The number of hydrogen-bond donors (Lipinski definition) is 1. The van der Waals surface area contributed by atoms with Crippen LogP contribution in [0.15, 0.2) is 42.5 Å². The predicted molar refractivity (Wildman–Crippen MR) is 83.0 cm³/mol. The number of hydrogen-bond acceptors (Lipinski definition) is 1. The van der Waals surface area contributed by atoms with Crippen LogP contribution in [0.5, 0.6) is 0 Å². The summed E-state index contributed by atoms with van der Waals surface area (Å²) in [6.07, 6.45) is 0.774. The van der Waals surface area contributed by atoms with E-state index in [-0.39, 0.29) is 11.9 Å². The van der Waals surface area contributed by atoms with Crippen molar-refractivity contribution < 1.29 is 4.39 Å². The molecule has 0 aliphatic carbocycles. The van der Waals surface area contributed by atoms with Gasteiger partial charge in [-0.2, -0.15) is 0 Å². The molecule has 0 amide bonds. The molecule has 0 fully saturated rings. The third-order valence-electron chi connectivity index (χ3n) is 3.14. The average Bonchev–Trinajstić information content (AvgIpc) is 2.41. The number of rotatable bonds is 5. The molecule has 1 N–H and O–H groups in total. The van der Waals surface area contributed by atoms with Crippen molar-refractivity contribution in [3.63, 3.8) is 0 Å². The highest BCUT2D eigenvalue weighted by Gasteiger charge is 2.15. The summed E-state index contributed by atoms with van der Waals surface area (Å²) < 4.78 is 13.1. The van der Waals surface area contributed by atoms with Crippen LogP contribution in [-0.4, -0.2) is 6.54 Å². The maximum absolute atomic E-state index is 13.1. The summed E-state index contributed by atoms with van der Waals surface area (Å²) in [5.74, 6) is -0.319. The summed E-state index contributed by atoms with van der Waals surface area (Å²) in [4.78, 5) is 0. The second kappa shape index (κ2) is 7.07. The molecule has 0 heterocycles. The summed E-state index contributed by atoms with van der Waals surface area (Å²) in [6.45, 7) is 2.85. The van der Waals surface area contributed by atoms with Gasteiger partial charge in [-0.1, -0.05) is 48.3 Å². The first-order valence-corrected chi connectivity index (χ1v) is 7.28. The van der Waals surface area contributed by atoms with Gasteiger partial charge in [-0.05, 0) is 48.4 Å². The first kappa shape index (κ1) is 15.3. The Kier molecular flexibility index (Phi) is 5.41. The molecule has 0 aromatic heterocycles. The van der Waals surface area contributed by atoms with Gasteiger partial charge < -0.3 is 5.32 Å². The molecule has 2 aromatic rings. The molecule has 1 unspecified atom stereocenters. The Hall–Kier alpha value is -1.09. The zero-order valence-corrected chi connectivity index (χ0v) is 12.7. The summed E-state index contributed by atoms with van der Waals surface area (Å²) in [5, 5.41) is 4.55. The van der Waals surface area contributed by atoms with E-state index in [1.54, 1.807) is 6.07 Å². The van der Waals surface area contributed by atoms with Crippen LogP contribution in [0.2, 0.25) is 10.0 Å². The third kappa shape index (κ3) is 3.95. The van der Waals surface area contributed by atoms with Crippen molar-refractivity contribution in [1.29, 1.82) is 0 Å². The van der Waals surface area contributed by atoms with E-state index in [1.807, 2.05) is 31.2 Å². The van der Waals surface area contributed by atoms with Crippen LogP contribution in [0.4, 0.5) is 4.39 Å². The first-order valence-electron chi connectivity index (χ1n) is 6.53. The van der Waals surface area contributed by atoms with E-state index in [0.29, 0.717) is 10.0 Å². The summed E-state index contributed by atoms with van der Waals surface area (Å²) in [6, 6.07) is 12.3. The molecule has 106 valence electrons. The molecule has 0 aliphatic heterocycles. The van der Waals surface area contributed by atoms with E-state index < -0.39 is 0 Å². The monoisotopic (exact) mass is 311 g/mol. The second-order valence-electron chi connectivity index (χ2n) is 4.61. The Morgan fingerprint density at radius 1 is 1.10 bits per heavy atom. The Labute approximate surface area is 128 Å². The minimum Gasteiger partial charge on any atom is -0.310 e. The fourth-order valence-corrected chi connectivity index (χ4v) is 2.60. The lowest BCUT2D eigenvalue weighted by Gasteiger charge is -2.20. The van der Waals surface area contributed by atoms with Crippen LogP contribution in [0.1, 0.15) is 24.1 Å². The van der Waals surface area contributed by atoms with Crippen LogP contribution in [0.3, 0.4) is 0 Å². The van der Waals surface area contributed by atoms with Gasteiger partial charge in [0.25, 0.3) is 0 Å². The maximum atomic E-state index is 13.1. The molecular formula is C16H16Cl2FN. The van der Waals surface area contributed by atoms with Crippen molar-refractivity contribution in [2.45, 2.75) is 19.4 Å². The lowest BCUT2D eigenvalue weighted by molar-refractivity contribution is 0.547. The van der Waals surface area contributed by atoms with Gasteiger partial charge in [0.2, 0.25) is 0 Å². The van der Waals surface area contributed by atoms with Crippen LogP contribution in [0.25, 0.3) is 0 Å². The largest absolute Gasteiger partial charge is 0.310 e. The van der Waals surface area contributed by atoms with Gasteiger partial charge in [0.15, 0.2) is 0 Å². The van der Waals surface area contributed by atoms with E-state index in [0.717, 1.165) is 24.1 Å². The Morgan fingerprint density at radius 2 is 1.80 bits per heavy atom. The van der Waals surface area contributed by atoms with E-state index in [4.69, 9.17) is 23.2 Å². The normalized spacial score (nSPS) is 12.4. The lowest BCUT2D eigenvalue weighted by Crippen LogP contribution is -2.23. The molecule has 0 bridgehead atoms. The molecule has 0 spiro atoms. The molecule has 0 radical (unpaired) electrons. The van der Waals surface area contributed by atoms with Crippen LogP contribution in [0, 0.1) is 5.82 Å². The molecule has 2 rings (SSSR count). The van der Waals surface area contributed by atoms with Gasteiger partial charge in [-0.3, -0.25) is 0 Å². The fourth-order valence-electron chi connectivity index (χ4n) is 2.18. The molecule has 0 aliphatic rings. The van der Waals surface area contributed by atoms with Crippen molar-refractivity contribution in [2.75, 3.05) is 6.54 Å². The average molecular weight is 312 g/mol. The Bertz CT molecular complexity index is 569. The zero-order valence-electron chi connectivity index (χ0n) is 11.2. The summed E-state index contributed by atoms with van der Waals surface area (Å²) >= 11 is 12.0. The molecule has 2 aromatic carbocycles. The number of benzene rings is 2. The summed E-state index contributed by atoms with van der Waals surface area (Å²) in [7, 11) is 0. The zero-order chi connectivity index (χ0) is 14.5. The van der Waals surface area contributed by atoms with E-state index in [1.165, 1.54) is 12.1 Å². The molecular weight excluding hydrogens is 296 g/mol. The van der Waals surface area contributed by atoms with Crippen LogP contribution >= 0.6 is 23.2 Å². The number of nitrogens with one attached hydrogen (secondary N) is 1. The fraction of sp³-hybridized carbons (Fsp3) is 0.250. The predicted octanol–water partition coefficient (Wildman–Crippen LogP) is 5.03. The highest BCUT2D eigenvalue weighted by atomic mass is 35.5. The molecule has 0 saturated heterocycles. The quantitative estimate of drug-likeness (QED) is 0.817. The van der Waals surface area contributed by atoms with Gasteiger partial charge in [-0.25, -0.2) is 4.39 Å². The molecule has 0 saturated carbocycles. The number of halogens is 3. The minimum atomic E-state index is -0.319. The van der Waals surface area contributed by atoms with E-state index in [9.17, 15) is 4.39 Å². The second-order valence-corrected chi connectivity index (χ2v) is 5.45. The van der Waals surface area contributed by atoms with Crippen molar-refractivity contribution in [1.82, 2.24) is 5.32 Å². The van der Waals surface area contributed by atoms with Gasteiger partial charge in [-0.15, -0.1) is 0 Å². The standard InChI is InChI=1S/C16H16Cl2FN/c1-2-20-16(9-11-3-5-12(17)6-4-11)14-8-7-13(19)10-15(14)18/h3-8,10,16,20H,2,9H2,1H3. The smallest absolute Gasteiger partial charge is 0.124 e. The van der Waals surface area contributed by atoms with Crippen molar-refractivity contribution in [3.8, 4) is 0 Å². The number of likely N-dealkylation sites (N-methyl/N-ethyl adjacent to an activating group) is 1. The van der Waals surface area contributed by atoms with Gasteiger partial charge in [0.1, 0.15) is 5.82 Å². The van der Waals surface area contributed by atoms with Crippen molar-refractivity contribution in [2.24, 2.45) is 0 Å². The highest BCUT2D eigenvalue weighted by Crippen LogP contribution is 2.27. The summed E-state index contributed by atoms with van der Waals surface area (Å²) in [5.41, 5.74) is 2.06. The van der Waals surface area contributed by atoms with Crippen molar-refractivity contribution in [3.05, 3.63) is 69.5 Å². The van der Waals surface area contributed by atoms with Crippen molar-refractivity contribution >= 4 is 23.2 Å². The van der Waals surface area contributed by atoms with E-state index in [2.05, 4.69) is 5.32 Å². The van der Waals surface area contributed by atoms with E-state index >= 15 is 0 Å². The van der Waals surface area contributed by atoms with Crippen LogP contribution in [-0.2, 0) is 6.42 Å². The molecule has 1 nitrogen and oxygen atoms in total. The van der Waals surface area contributed by atoms with Gasteiger partial charge in [0, 0.05) is 16.1 Å². The van der Waals surface area contributed by atoms with Crippen LogP contribution < -0.4 is 5.32 Å². The molecule has 20 heavy (non-hydrogen) atoms. The maximum Gasteiger partial charge on any atom is 0.124 e. The highest BCUT2D eigenvalue weighted by molar-refractivity contribution is 6.31. The Balaban J connectivity index is 2.24. The molecule has 4 heteroatoms. The third-order valence-corrected chi connectivity index (χ3v) is 3.72.